The van der Waals surface area contributed by atoms with Crippen LogP contribution < -0.4 is 0 Å². The summed E-state index contributed by atoms with van der Waals surface area (Å²) < 4.78 is 8.86. The van der Waals surface area contributed by atoms with Crippen molar-refractivity contribution >= 4 is 75.8 Å². The van der Waals surface area contributed by atoms with Crippen LogP contribution in [-0.2, 0) is 9.78 Å². The molecule has 0 aromatic heterocycles. The normalized spacial score (nSPS) is 14.8. The van der Waals surface area contributed by atoms with E-state index in [2.05, 4.69) is 69.8 Å². The van der Waals surface area contributed by atoms with Crippen molar-refractivity contribution in [2.75, 3.05) is 0 Å². The van der Waals surface area contributed by atoms with E-state index in [1.807, 2.05) is 44.2 Å². The minimum Gasteiger partial charge on any atom is -0.506 e. The average molecular weight is 666 g/mol. The van der Waals surface area contributed by atoms with Gasteiger partial charge in [0.1, 0.15) is 11.5 Å². The zero-order valence-electron chi connectivity index (χ0n) is 15.2. The number of phenols is 2. The van der Waals surface area contributed by atoms with E-state index in [1.165, 1.54) is 12.0 Å². The maximum absolute atomic E-state index is 10.4. The van der Waals surface area contributed by atoms with Crippen LogP contribution in [0.2, 0.25) is 0 Å². The van der Waals surface area contributed by atoms with Crippen molar-refractivity contribution in [2.45, 2.75) is 24.3 Å². The quantitative estimate of drug-likeness (QED) is 0.272. The van der Waals surface area contributed by atoms with Gasteiger partial charge in [-0.1, -0.05) is 18.2 Å². The second kappa shape index (κ2) is 7.88. The van der Waals surface area contributed by atoms with Crippen LogP contribution in [0.15, 0.2) is 59.2 Å². The fraction of sp³-hybridized carbons (Fsp3) is 0.143. The molecule has 4 rings (SSSR count). The second-order valence-electron chi connectivity index (χ2n) is 6.73. The van der Waals surface area contributed by atoms with Crippen LogP contribution in [0.3, 0.4) is 0 Å². The zero-order chi connectivity index (χ0) is 21.1. The molecule has 3 nitrogen and oxygen atoms in total. The van der Waals surface area contributed by atoms with Crippen LogP contribution >= 0.6 is 75.8 Å². The Hall–Kier alpha value is -0.510. The fourth-order valence-corrected chi connectivity index (χ4v) is 6.81. The lowest BCUT2D eigenvalue weighted by molar-refractivity contribution is 0.202. The van der Waals surface area contributed by atoms with E-state index in [-0.39, 0.29) is 11.5 Å². The van der Waals surface area contributed by atoms with E-state index in [4.69, 9.17) is 4.18 Å². The Bertz CT molecular complexity index is 1100. The summed E-state index contributed by atoms with van der Waals surface area (Å²) >= 11 is 15.3. The molecule has 0 aliphatic carbocycles. The third-order valence-corrected chi connectivity index (χ3v) is 9.18. The maximum Gasteiger partial charge on any atom is 0.160 e. The molecule has 0 radical (unpaired) electrons. The molecular formula is C21H14Br4O3S. The number of halogens is 4. The van der Waals surface area contributed by atoms with Gasteiger partial charge in [0.05, 0.1) is 17.9 Å². The van der Waals surface area contributed by atoms with Gasteiger partial charge >= 0.3 is 0 Å². The zero-order valence-corrected chi connectivity index (χ0v) is 22.3. The highest BCUT2D eigenvalue weighted by molar-refractivity contribution is 9.11. The summed E-state index contributed by atoms with van der Waals surface area (Å²) in [5.41, 5.74) is 3.57. The van der Waals surface area contributed by atoms with E-state index in [0.29, 0.717) is 17.9 Å². The van der Waals surface area contributed by atoms with Crippen molar-refractivity contribution in [2.24, 2.45) is 0 Å². The molecule has 1 aliphatic heterocycles. The minimum absolute atomic E-state index is 0.144. The topological polar surface area (TPSA) is 49.7 Å². The van der Waals surface area contributed by atoms with Crippen molar-refractivity contribution in [3.8, 4) is 11.5 Å². The van der Waals surface area contributed by atoms with Crippen LogP contribution in [0.4, 0.5) is 0 Å². The van der Waals surface area contributed by atoms with E-state index in [0.717, 1.165) is 32.7 Å². The lowest BCUT2D eigenvalue weighted by Gasteiger charge is -2.34. The summed E-state index contributed by atoms with van der Waals surface area (Å²) in [6.07, 6.45) is 0. The first kappa shape index (κ1) is 21.7. The molecule has 1 heterocycles. The summed E-state index contributed by atoms with van der Waals surface area (Å²) in [7, 11) is 0. The Morgan fingerprint density at radius 2 is 1.28 bits per heavy atom. The second-order valence-corrected chi connectivity index (χ2v) is 10.8. The average Bonchev–Trinajstić information content (AvgIpc) is 3.10. The largest absolute Gasteiger partial charge is 0.506 e. The highest BCUT2D eigenvalue weighted by Crippen LogP contribution is 2.57. The van der Waals surface area contributed by atoms with E-state index in [9.17, 15) is 10.2 Å². The first-order valence-corrected chi connectivity index (χ1v) is 12.4. The number of phenolic OH excluding ortho intramolecular Hbond substituents is 2. The third kappa shape index (κ3) is 3.22. The van der Waals surface area contributed by atoms with Crippen molar-refractivity contribution in [3.05, 3.63) is 82.1 Å². The Kier molecular flexibility index (Phi) is 5.90. The molecule has 0 saturated heterocycles. The first-order valence-electron chi connectivity index (χ1n) is 8.51. The number of hydrogen-bond acceptors (Lipinski definition) is 4. The molecule has 2 N–H and O–H groups in total. The molecule has 0 saturated carbocycles. The van der Waals surface area contributed by atoms with Gasteiger partial charge < -0.3 is 10.2 Å². The molecule has 0 unspecified atom stereocenters. The van der Waals surface area contributed by atoms with Crippen LogP contribution in [0.1, 0.15) is 27.8 Å². The predicted octanol–water partition coefficient (Wildman–Crippen LogP) is 8.09. The summed E-state index contributed by atoms with van der Waals surface area (Å²) in [6, 6.07) is 11.8. The summed E-state index contributed by atoms with van der Waals surface area (Å²) in [6.45, 7) is 3.89. The number of rotatable bonds is 2. The van der Waals surface area contributed by atoms with Gasteiger partial charge in [0.2, 0.25) is 0 Å². The number of fused-ring (bicyclic) bond motifs is 1. The van der Waals surface area contributed by atoms with Crippen LogP contribution in [-0.4, -0.2) is 10.2 Å². The molecule has 0 bridgehead atoms. The molecule has 3 aromatic rings. The Balaban J connectivity index is 2.17. The van der Waals surface area contributed by atoms with Gasteiger partial charge in [-0.25, -0.2) is 0 Å². The summed E-state index contributed by atoms with van der Waals surface area (Å²) in [5, 5.41) is 20.8. The maximum atomic E-state index is 10.4. The Morgan fingerprint density at radius 3 is 1.79 bits per heavy atom. The number of aromatic hydroxyl groups is 2. The SMILES string of the molecule is Cc1c(C2(c3cc(Br)c(O)c(Br)c3C)OSc3ccccc32)cc(Br)c(O)c1Br. The molecule has 8 heteroatoms. The molecule has 0 spiro atoms. The predicted molar refractivity (Wildman–Crippen MR) is 130 cm³/mol. The van der Waals surface area contributed by atoms with Gasteiger partial charge in [-0.3, -0.25) is 4.18 Å². The van der Waals surface area contributed by atoms with E-state index >= 15 is 0 Å². The van der Waals surface area contributed by atoms with Crippen LogP contribution in [0.25, 0.3) is 0 Å². The van der Waals surface area contributed by atoms with Crippen LogP contribution in [0, 0.1) is 13.8 Å². The van der Waals surface area contributed by atoms with Crippen molar-refractivity contribution in [1.82, 2.24) is 0 Å². The smallest absolute Gasteiger partial charge is 0.160 e. The standard InChI is InChI=1S/C21H14Br4O3S/c1-9-12(7-14(22)19(26)17(9)24)21(11-5-3-4-6-16(11)29-28-21)13-8-15(23)20(27)18(25)10(13)2/h3-8,26-27H,1-2H3. The highest BCUT2D eigenvalue weighted by Gasteiger charge is 2.48. The van der Waals surface area contributed by atoms with Gasteiger partial charge in [-0.15, -0.1) is 0 Å². The molecule has 0 fully saturated rings. The minimum atomic E-state index is -0.938. The number of hydrogen-bond donors (Lipinski definition) is 2. The van der Waals surface area contributed by atoms with Gasteiger partial charge in [0, 0.05) is 22.5 Å². The van der Waals surface area contributed by atoms with Gasteiger partial charge in [0.25, 0.3) is 0 Å². The van der Waals surface area contributed by atoms with E-state index < -0.39 is 5.60 Å². The highest BCUT2D eigenvalue weighted by atomic mass is 79.9. The lowest BCUT2D eigenvalue weighted by atomic mass is 9.77. The van der Waals surface area contributed by atoms with Crippen LogP contribution in [0.5, 0.6) is 11.5 Å². The van der Waals surface area contributed by atoms with Crippen molar-refractivity contribution in [1.29, 1.82) is 0 Å². The molecular weight excluding hydrogens is 652 g/mol. The van der Waals surface area contributed by atoms with Gasteiger partial charge in [-0.2, -0.15) is 0 Å². The first-order chi connectivity index (χ1) is 13.7. The summed E-state index contributed by atoms with van der Waals surface area (Å²) in [5.74, 6) is 0.287. The Morgan fingerprint density at radius 1 is 0.793 bits per heavy atom. The van der Waals surface area contributed by atoms with E-state index in [1.54, 1.807) is 0 Å². The molecule has 0 amide bonds. The fourth-order valence-electron chi connectivity index (χ4n) is 3.65. The van der Waals surface area contributed by atoms with Gasteiger partial charge in [0.15, 0.2) is 5.60 Å². The molecule has 29 heavy (non-hydrogen) atoms. The summed E-state index contributed by atoms with van der Waals surface area (Å²) in [4.78, 5) is 1.02. The molecule has 150 valence electrons. The van der Waals surface area contributed by atoms with Gasteiger partial charge in [-0.05, 0) is 118 Å². The molecule has 0 atom stereocenters. The monoisotopic (exact) mass is 662 g/mol. The Labute approximate surface area is 206 Å². The number of benzene rings is 3. The molecule has 3 aromatic carbocycles. The third-order valence-electron chi connectivity index (χ3n) is 5.16. The van der Waals surface area contributed by atoms with Crippen molar-refractivity contribution < 1.29 is 14.4 Å². The molecule has 1 aliphatic rings. The van der Waals surface area contributed by atoms with Crippen molar-refractivity contribution in [3.63, 3.8) is 0 Å². The lowest BCUT2D eigenvalue weighted by Crippen LogP contribution is -2.30.